The van der Waals surface area contributed by atoms with Gasteiger partial charge in [0, 0.05) is 31.0 Å². The van der Waals surface area contributed by atoms with Gasteiger partial charge in [0.25, 0.3) is 0 Å². The zero-order valence-corrected chi connectivity index (χ0v) is 8.71. The molecule has 1 rings (SSSR count). The highest BCUT2D eigenvalue weighted by Gasteiger charge is 2.25. The summed E-state index contributed by atoms with van der Waals surface area (Å²) in [5, 5.41) is 3.20. The topological polar surface area (TPSA) is 47.6 Å². The number of carbonyl (C=O) groups is 1. The molecule has 0 aliphatic carbocycles. The first-order valence-electron chi connectivity index (χ1n) is 4.76. The van der Waals surface area contributed by atoms with Gasteiger partial charge in [-0.05, 0) is 19.8 Å². The first-order chi connectivity index (χ1) is 6.66. The van der Waals surface area contributed by atoms with E-state index in [0.29, 0.717) is 0 Å². The normalized spacial score (nSPS) is 20.7. The van der Waals surface area contributed by atoms with E-state index in [9.17, 15) is 4.79 Å². The van der Waals surface area contributed by atoms with Crippen LogP contribution in [0.15, 0.2) is 12.3 Å². The summed E-state index contributed by atoms with van der Waals surface area (Å²) >= 11 is 0. The minimum Gasteiger partial charge on any atom is -0.466 e. The summed E-state index contributed by atoms with van der Waals surface area (Å²) < 4.78 is 9.74. The highest BCUT2D eigenvalue weighted by atomic mass is 16.5. The van der Waals surface area contributed by atoms with E-state index in [-0.39, 0.29) is 11.5 Å². The van der Waals surface area contributed by atoms with Gasteiger partial charge in [-0.3, -0.25) is 0 Å². The molecule has 1 heterocycles. The standard InChI is InChI=1S/C10H17NO3/c1-10(4-7-14-8-5-10)11-6-3-9(12)13-2/h3,6,11H,4-5,7-8H2,1-2H3/b6-3+. The lowest BCUT2D eigenvalue weighted by atomic mass is 9.93. The van der Waals surface area contributed by atoms with Gasteiger partial charge in [0.2, 0.25) is 0 Å². The van der Waals surface area contributed by atoms with Gasteiger partial charge < -0.3 is 14.8 Å². The lowest BCUT2D eigenvalue weighted by Crippen LogP contribution is -2.44. The number of carbonyl (C=O) groups excluding carboxylic acids is 1. The maximum Gasteiger partial charge on any atom is 0.331 e. The van der Waals surface area contributed by atoms with Gasteiger partial charge in [-0.1, -0.05) is 0 Å². The minimum absolute atomic E-state index is 0.0444. The van der Waals surface area contributed by atoms with Gasteiger partial charge in [0.05, 0.1) is 7.11 Å². The Kier molecular flexibility index (Phi) is 3.95. The molecule has 0 aromatic rings. The fourth-order valence-corrected chi connectivity index (χ4v) is 1.35. The van der Waals surface area contributed by atoms with Crippen LogP contribution in [0.25, 0.3) is 0 Å². The fourth-order valence-electron chi connectivity index (χ4n) is 1.35. The first-order valence-corrected chi connectivity index (χ1v) is 4.76. The van der Waals surface area contributed by atoms with E-state index in [0.717, 1.165) is 26.1 Å². The van der Waals surface area contributed by atoms with Crippen molar-refractivity contribution in [2.75, 3.05) is 20.3 Å². The van der Waals surface area contributed by atoms with Crippen LogP contribution in [0.1, 0.15) is 19.8 Å². The third kappa shape index (κ3) is 3.38. The van der Waals surface area contributed by atoms with E-state index >= 15 is 0 Å². The third-order valence-electron chi connectivity index (χ3n) is 2.45. The Balaban J connectivity index is 2.35. The molecule has 1 fully saturated rings. The summed E-state index contributed by atoms with van der Waals surface area (Å²) in [6.45, 7) is 3.67. The molecule has 0 spiro atoms. The molecule has 14 heavy (non-hydrogen) atoms. The van der Waals surface area contributed by atoms with Gasteiger partial charge >= 0.3 is 5.97 Å². The molecular weight excluding hydrogens is 182 g/mol. The second kappa shape index (κ2) is 5.00. The summed E-state index contributed by atoms with van der Waals surface area (Å²) in [6.07, 6.45) is 4.95. The monoisotopic (exact) mass is 199 g/mol. The minimum atomic E-state index is -0.340. The molecule has 0 radical (unpaired) electrons. The molecule has 1 aliphatic heterocycles. The lowest BCUT2D eigenvalue weighted by Gasteiger charge is -2.33. The molecule has 4 heteroatoms. The molecule has 0 saturated carbocycles. The molecule has 1 N–H and O–H groups in total. The fraction of sp³-hybridized carbons (Fsp3) is 0.700. The van der Waals surface area contributed by atoms with Crippen molar-refractivity contribution in [3.63, 3.8) is 0 Å². The van der Waals surface area contributed by atoms with Crippen molar-refractivity contribution in [2.45, 2.75) is 25.3 Å². The van der Waals surface area contributed by atoms with E-state index in [4.69, 9.17) is 4.74 Å². The summed E-state index contributed by atoms with van der Waals surface area (Å²) in [4.78, 5) is 10.8. The second-order valence-electron chi connectivity index (χ2n) is 3.67. The van der Waals surface area contributed by atoms with Crippen LogP contribution < -0.4 is 5.32 Å². The van der Waals surface area contributed by atoms with E-state index in [1.54, 1.807) is 6.20 Å². The van der Waals surface area contributed by atoms with E-state index < -0.39 is 0 Å². The number of rotatable bonds is 3. The molecule has 0 amide bonds. The van der Waals surface area contributed by atoms with Gasteiger partial charge in [-0.25, -0.2) is 4.79 Å². The number of esters is 1. The summed E-state index contributed by atoms with van der Waals surface area (Å²) in [6, 6.07) is 0. The maximum atomic E-state index is 10.8. The SMILES string of the molecule is COC(=O)/C=C/NC1(C)CCOCC1. The molecule has 0 aromatic carbocycles. The van der Waals surface area contributed by atoms with Gasteiger partial charge in [-0.2, -0.15) is 0 Å². The van der Waals surface area contributed by atoms with Gasteiger partial charge in [0.15, 0.2) is 0 Å². The van der Waals surface area contributed by atoms with E-state index in [1.165, 1.54) is 13.2 Å². The molecule has 1 aliphatic rings. The number of nitrogens with one attached hydrogen (secondary N) is 1. The van der Waals surface area contributed by atoms with Crippen molar-refractivity contribution in [2.24, 2.45) is 0 Å². The quantitative estimate of drug-likeness (QED) is 0.540. The van der Waals surface area contributed by atoms with Crippen LogP contribution in [-0.4, -0.2) is 31.8 Å². The summed E-state index contributed by atoms with van der Waals surface area (Å²) in [5.41, 5.74) is 0.0444. The largest absolute Gasteiger partial charge is 0.466 e. The molecule has 0 aromatic heterocycles. The zero-order chi connectivity index (χ0) is 10.4. The van der Waals surface area contributed by atoms with Crippen molar-refractivity contribution in [3.05, 3.63) is 12.3 Å². The molecule has 0 bridgehead atoms. The van der Waals surface area contributed by atoms with Gasteiger partial charge in [0.1, 0.15) is 0 Å². The van der Waals surface area contributed by atoms with Crippen LogP contribution in [0.2, 0.25) is 0 Å². The average molecular weight is 199 g/mol. The van der Waals surface area contributed by atoms with E-state index in [2.05, 4.69) is 17.0 Å². The van der Waals surface area contributed by atoms with Crippen LogP contribution in [0.5, 0.6) is 0 Å². The van der Waals surface area contributed by atoms with Gasteiger partial charge in [-0.15, -0.1) is 0 Å². The van der Waals surface area contributed by atoms with Crippen LogP contribution in [-0.2, 0) is 14.3 Å². The number of hydrogen-bond acceptors (Lipinski definition) is 4. The van der Waals surface area contributed by atoms with Crippen molar-refractivity contribution in [3.8, 4) is 0 Å². The first kappa shape index (κ1) is 11.0. The Morgan fingerprint density at radius 1 is 1.50 bits per heavy atom. The zero-order valence-electron chi connectivity index (χ0n) is 8.71. The maximum absolute atomic E-state index is 10.8. The Labute approximate surface area is 84.3 Å². The summed E-state index contributed by atoms with van der Waals surface area (Å²) in [7, 11) is 1.36. The van der Waals surface area contributed by atoms with Crippen molar-refractivity contribution in [1.29, 1.82) is 0 Å². The van der Waals surface area contributed by atoms with Crippen LogP contribution in [0.4, 0.5) is 0 Å². The Morgan fingerprint density at radius 2 is 2.14 bits per heavy atom. The highest BCUT2D eigenvalue weighted by molar-refractivity contribution is 5.81. The lowest BCUT2D eigenvalue weighted by molar-refractivity contribution is -0.134. The Morgan fingerprint density at radius 3 is 2.71 bits per heavy atom. The molecule has 1 saturated heterocycles. The summed E-state index contributed by atoms with van der Waals surface area (Å²) in [5.74, 6) is -0.340. The van der Waals surface area contributed by atoms with Crippen LogP contribution in [0.3, 0.4) is 0 Å². The third-order valence-corrected chi connectivity index (χ3v) is 2.45. The predicted molar refractivity (Wildman–Crippen MR) is 52.7 cm³/mol. The number of methoxy groups -OCH3 is 1. The molecule has 0 atom stereocenters. The molecular formula is C10H17NO3. The average Bonchev–Trinajstić information content (AvgIpc) is 2.18. The second-order valence-corrected chi connectivity index (χ2v) is 3.67. The number of ether oxygens (including phenoxy) is 2. The van der Waals surface area contributed by atoms with E-state index in [1.807, 2.05) is 0 Å². The molecule has 4 nitrogen and oxygen atoms in total. The Hall–Kier alpha value is -1.03. The van der Waals surface area contributed by atoms with Crippen LogP contribution in [0, 0.1) is 0 Å². The van der Waals surface area contributed by atoms with Crippen molar-refractivity contribution >= 4 is 5.97 Å². The Bertz CT molecular complexity index is 219. The number of hydrogen-bond donors (Lipinski definition) is 1. The van der Waals surface area contributed by atoms with Crippen LogP contribution >= 0.6 is 0 Å². The van der Waals surface area contributed by atoms with Crippen molar-refractivity contribution < 1.29 is 14.3 Å². The highest BCUT2D eigenvalue weighted by Crippen LogP contribution is 2.19. The van der Waals surface area contributed by atoms with Crippen molar-refractivity contribution in [1.82, 2.24) is 5.32 Å². The molecule has 80 valence electrons. The molecule has 0 unspecified atom stereocenters. The smallest absolute Gasteiger partial charge is 0.331 e. The predicted octanol–water partition coefficient (Wildman–Crippen LogP) is 0.832.